The van der Waals surface area contributed by atoms with E-state index in [1.165, 1.54) is 47.4 Å². The molecule has 2 heterocycles. The van der Waals surface area contributed by atoms with Crippen LogP contribution in [0.25, 0.3) is 21.3 Å². The van der Waals surface area contributed by atoms with Crippen molar-refractivity contribution in [2.75, 3.05) is 0 Å². The lowest BCUT2D eigenvalue weighted by atomic mass is 9.89. The van der Waals surface area contributed by atoms with Crippen molar-refractivity contribution in [3.63, 3.8) is 0 Å². The maximum atomic E-state index is 13.6. The molecule has 3 nitrogen and oxygen atoms in total. The quantitative estimate of drug-likeness (QED) is 0.452. The number of aryl methyl sites for hydroxylation is 3. The van der Waals surface area contributed by atoms with Crippen LogP contribution in [0, 0.1) is 12.7 Å². The molecular formula is C24H21FN2OS. The molecule has 2 aromatic carbocycles. The van der Waals surface area contributed by atoms with Gasteiger partial charge in [0.05, 0.1) is 11.9 Å². The number of aromatic nitrogens is 2. The number of rotatable bonds is 3. The molecule has 0 N–H and O–H groups in total. The number of fused-ring (bicyclic) bond motifs is 2. The van der Waals surface area contributed by atoms with E-state index in [4.69, 9.17) is 0 Å². The molecule has 0 atom stereocenters. The van der Waals surface area contributed by atoms with E-state index in [1.54, 1.807) is 10.6 Å². The van der Waals surface area contributed by atoms with E-state index in [2.05, 4.69) is 23.2 Å². The fourth-order valence-corrected chi connectivity index (χ4v) is 5.23. The normalized spacial score (nSPS) is 13.6. The number of benzene rings is 2. The molecule has 5 rings (SSSR count). The third-order valence-electron chi connectivity index (χ3n) is 5.77. The zero-order valence-corrected chi connectivity index (χ0v) is 17.1. The minimum absolute atomic E-state index is 0.0641. The topological polar surface area (TPSA) is 34.9 Å². The Bertz CT molecular complexity index is 1290. The molecule has 0 fully saturated rings. The van der Waals surface area contributed by atoms with Gasteiger partial charge in [-0.1, -0.05) is 30.3 Å². The molecule has 4 aromatic rings. The maximum Gasteiger partial charge on any atom is 0.263 e. The summed E-state index contributed by atoms with van der Waals surface area (Å²) in [6, 6.07) is 13.0. The van der Waals surface area contributed by atoms with Gasteiger partial charge in [0.2, 0.25) is 0 Å². The summed E-state index contributed by atoms with van der Waals surface area (Å²) < 4.78 is 15.2. The Morgan fingerprint density at radius 3 is 2.76 bits per heavy atom. The Morgan fingerprint density at radius 2 is 1.93 bits per heavy atom. The predicted molar refractivity (Wildman–Crippen MR) is 116 cm³/mol. The molecule has 0 radical (unpaired) electrons. The van der Waals surface area contributed by atoms with E-state index < -0.39 is 0 Å². The van der Waals surface area contributed by atoms with E-state index in [0.717, 1.165) is 34.4 Å². The molecule has 0 aliphatic heterocycles. The molecule has 0 amide bonds. The highest BCUT2D eigenvalue weighted by Crippen LogP contribution is 2.33. The van der Waals surface area contributed by atoms with Crippen LogP contribution in [0.3, 0.4) is 0 Å². The second-order valence-electron chi connectivity index (χ2n) is 7.70. The molecule has 2 aromatic heterocycles. The molecule has 0 saturated carbocycles. The van der Waals surface area contributed by atoms with Crippen molar-refractivity contribution in [3.05, 3.63) is 86.5 Å². The molecule has 29 heavy (non-hydrogen) atoms. The molecule has 0 unspecified atom stereocenters. The van der Waals surface area contributed by atoms with Crippen LogP contribution in [-0.4, -0.2) is 9.55 Å². The summed E-state index contributed by atoms with van der Waals surface area (Å²) in [6.45, 7) is 2.14. The Labute approximate surface area is 172 Å². The lowest BCUT2D eigenvalue weighted by Gasteiger charge is -2.16. The zero-order valence-electron chi connectivity index (χ0n) is 16.2. The van der Waals surface area contributed by atoms with Crippen LogP contribution >= 0.6 is 11.3 Å². The molecule has 1 aliphatic carbocycles. The molecule has 146 valence electrons. The van der Waals surface area contributed by atoms with Gasteiger partial charge in [-0.25, -0.2) is 9.37 Å². The van der Waals surface area contributed by atoms with Gasteiger partial charge >= 0.3 is 0 Å². The lowest BCUT2D eigenvalue weighted by molar-refractivity contribution is 0.621. The van der Waals surface area contributed by atoms with Crippen molar-refractivity contribution in [2.24, 2.45) is 0 Å². The fourth-order valence-electron chi connectivity index (χ4n) is 4.24. The summed E-state index contributed by atoms with van der Waals surface area (Å²) in [5, 5.41) is 2.70. The van der Waals surface area contributed by atoms with E-state index in [9.17, 15) is 9.18 Å². The minimum Gasteiger partial charge on any atom is -0.292 e. The van der Waals surface area contributed by atoms with Crippen molar-refractivity contribution in [1.82, 2.24) is 9.55 Å². The van der Waals surface area contributed by atoms with Crippen molar-refractivity contribution in [1.29, 1.82) is 0 Å². The maximum absolute atomic E-state index is 13.6. The Morgan fingerprint density at radius 1 is 1.10 bits per heavy atom. The van der Waals surface area contributed by atoms with Crippen LogP contribution in [0.5, 0.6) is 0 Å². The van der Waals surface area contributed by atoms with Crippen LogP contribution in [0.2, 0.25) is 0 Å². The van der Waals surface area contributed by atoms with Gasteiger partial charge in [-0.05, 0) is 67.0 Å². The van der Waals surface area contributed by atoms with Gasteiger partial charge in [0.1, 0.15) is 16.5 Å². The Balaban J connectivity index is 1.64. The second kappa shape index (κ2) is 7.23. The minimum atomic E-state index is -0.299. The van der Waals surface area contributed by atoms with Crippen molar-refractivity contribution in [3.8, 4) is 11.1 Å². The summed E-state index contributed by atoms with van der Waals surface area (Å²) in [6.07, 6.45) is 4.72. The number of thiophene rings is 1. The average Bonchev–Trinajstić information content (AvgIpc) is 3.14. The number of hydrogen-bond acceptors (Lipinski definition) is 3. The summed E-state index contributed by atoms with van der Waals surface area (Å²) >= 11 is 1.51. The van der Waals surface area contributed by atoms with E-state index in [-0.39, 0.29) is 11.4 Å². The van der Waals surface area contributed by atoms with Gasteiger partial charge in [0, 0.05) is 10.9 Å². The number of hydrogen-bond donors (Lipinski definition) is 0. The van der Waals surface area contributed by atoms with Gasteiger partial charge in [-0.3, -0.25) is 9.36 Å². The van der Waals surface area contributed by atoms with Gasteiger partial charge < -0.3 is 0 Å². The van der Waals surface area contributed by atoms with E-state index in [1.807, 2.05) is 18.4 Å². The molecule has 0 saturated heterocycles. The van der Waals surface area contributed by atoms with Crippen LogP contribution in [0.1, 0.15) is 35.4 Å². The smallest absolute Gasteiger partial charge is 0.263 e. The summed E-state index contributed by atoms with van der Waals surface area (Å²) in [5.41, 5.74) is 5.54. The molecule has 1 aliphatic rings. The second-order valence-corrected chi connectivity index (χ2v) is 8.56. The summed E-state index contributed by atoms with van der Waals surface area (Å²) in [5.74, 6) is 0.345. The third kappa shape index (κ3) is 3.29. The third-order valence-corrected chi connectivity index (χ3v) is 6.65. The van der Waals surface area contributed by atoms with E-state index in [0.29, 0.717) is 17.8 Å². The van der Waals surface area contributed by atoms with E-state index >= 15 is 0 Å². The SMILES string of the molecule is Cc1nc2scc(-c3ccc4c(c3)CCCC4)c2c(=O)n1Cc1cccc(F)c1. The van der Waals surface area contributed by atoms with Crippen molar-refractivity contribution < 1.29 is 4.39 Å². The van der Waals surface area contributed by atoms with Crippen molar-refractivity contribution >= 4 is 21.6 Å². The van der Waals surface area contributed by atoms with Crippen molar-refractivity contribution in [2.45, 2.75) is 39.2 Å². The first-order chi connectivity index (χ1) is 14.1. The number of nitrogens with zero attached hydrogens (tertiary/aromatic N) is 2. The molecule has 0 bridgehead atoms. The predicted octanol–water partition coefficient (Wildman–Crippen LogP) is 5.50. The van der Waals surface area contributed by atoms with Gasteiger partial charge in [-0.2, -0.15) is 0 Å². The zero-order chi connectivity index (χ0) is 20.0. The van der Waals surface area contributed by atoms with Crippen LogP contribution in [0.4, 0.5) is 4.39 Å². The standard InChI is InChI=1S/C24H21FN2OS/c1-15-26-23-22(24(28)27(15)13-16-5-4-8-20(25)11-16)21(14-29-23)19-10-9-17-6-2-3-7-18(17)12-19/h4-5,8-12,14H,2-3,6-7,13H2,1H3. The monoisotopic (exact) mass is 404 g/mol. The summed E-state index contributed by atoms with van der Waals surface area (Å²) in [4.78, 5) is 18.9. The van der Waals surface area contributed by atoms with Crippen LogP contribution in [-0.2, 0) is 19.4 Å². The largest absolute Gasteiger partial charge is 0.292 e. The summed E-state index contributed by atoms with van der Waals surface area (Å²) in [7, 11) is 0. The first-order valence-corrected chi connectivity index (χ1v) is 10.8. The molecular weight excluding hydrogens is 383 g/mol. The average molecular weight is 405 g/mol. The highest BCUT2D eigenvalue weighted by molar-refractivity contribution is 7.17. The Hall–Kier alpha value is -2.79. The lowest BCUT2D eigenvalue weighted by Crippen LogP contribution is -2.24. The van der Waals surface area contributed by atoms with Gasteiger partial charge in [-0.15, -0.1) is 11.3 Å². The molecule has 5 heteroatoms. The first-order valence-electron chi connectivity index (χ1n) is 9.95. The van der Waals surface area contributed by atoms with Crippen LogP contribution < -0.4 is 5.56 Å². The Kier molecular flexibility index (Phi) is 4.55. The fraction of sp³-hybridized carbons (Fsp3) is 0.250. The number of halogens is 1. The first kappa shape index (κ1) is 18.3. The van der Waals surface area contributed by atoms with Gasteiger partial charge in [0.25, 0.3) is 5.56 Å². The highest BCUT2D eigenvalue weighted by Gasteiger charge is 2.17. The van der Waals surface area contributed by atoms with Crippen LogP contribution in [0.15, 0.2) is 52.6 Å². The molecule has 0 spiro atoms. The van der Waals surface area contributed by atoms with Gasteiger partial charge in [0.15, 0.2) is 0 Å². The highest BCUT2D eigenvalue weighted by atomic mass is 32.1.